The molecular formula is C11H21NO3. The second kappa shape index (κ2) is 5.80. The van der Waals surface area contributed by atoms with E-state index >= 15 is 0 Å². The van der Waals surface area contributed by atoms with Crippen molar-refractivity contribution in [3.05, 3.63) is 0 Å². The topological polar surface area (TPSA) is 41.9 Å². The Bertz CT molecular complexity index is 183. The van der Waals surface area contributed by atoms with Gasteiger partial charge in [0, 0.05) is 19.6 Å². The lowest BCUT2D eigenvalue weighted by molar-refractivity contribution is -0.0677. The Morgan fingerprint density at radius 1 is 1.20 bits per heavy atom. The van der Waals surface area contributed by atoms with Gasteiger partial charge in [-0.05, 0) is 32.4 Å². The van der Waals surface area contributed by atoms with Gasteiger partial charge in [0.25, 0.3) is 0 Å². The zero-order valence-electron chi connectivity index (χ0n) is 9.23. The van der Waals surface area contributed by atoms with E-state index in [9.17, 15) is 0 Å². The van der Waals surface area contributed by atoms with Crippen molar-refractivity contribution >= 4 is 0 Å². The van der Waals surface area contributed by atoms with Gasteiger partial charge in [0.15, 0.2) is 6.29 Å². The van der Waals surface area contributed by atoms with E-state index in [4.69, 9.17) is 14.6 Å². The van der Waals surface area contributed by atoms with Crippen LogP contribution in [0.1, 0.15) is 25.7 Å². The molecule has 0 saturated carbocycles. The molecule has 0 aromatic heterocycles. The highest BCUT2D eigenvalue weighted by Gasteiger charge is 2.26. The fourth-order valence-electron chi connectivity index (χ4n) is 2.25. The number of rotatable bonds is 5. The van der Waals surface area contributed by atoms with Crippen LogP contribution in [0.4, 0.5) is 0 Å². The highest BCUT2D eigenvalue weighted by Crippen LogP contribution is 2.18. The molecule has 2 atom stereocenters. The minimum atomic E-state index is -0.0397. The van der Waals surface area contributed by atoms with E-state index in [1.54, 1.807) is 0 Å². The summed E-state index contributed by atoms with van der Waals surface area (Å²) in [5.74, 6) is 0. The molecule has 0 radical (unpaired) electrons. The molecule has 2 saturated heterocycles. The fraction of sp³-hybridized carbons (Fsp3) is 1.00. The first-order chi connectivity index (χ1) is 7.38. The molecule has 0 amide bonds. The van der Waals surface area contributed by atoms with E-state index < -0.39 is 0 Å². The molecule has 88 valence electrons. The van der Waals surface area contributed by atoms with Crippen LogP contribution in [0.3, 0.4) is 0 Å². The van der Waals surface area contributed by atoms with Crippen LogP contribution in [-0.2, 0) is 9.47 Å². The monoisotopic (exact) mass is 215 g/mol. The third-order valence-corrected chi connectivity index (χ3v) is 3.14. The van der Waals surface area contributed by atoms with Crippen molar-refractivity contribution in [1.29, 1.82) is 0 Å². The molecule has 0 aromatic carbocycles. The molecule has 0 aliphatic carbocycles. The summed E-state index contributed by atoms with van der Waals surface area (Å²) in [7, 11) is 0. The Balaban J connectivity index is 1.59. The van der Waals surface area contributed by atoms with Crippen LogP contribution in [0.25, 0.3) is 0 Å². The SMILES string of the molecule is OCCC1COC(CCN2CCCC2)O1. The quantitative estimate of drug-likeness (QED) is 0.729. The number of nitrogens with zero attached hydrogens (tertiary/aromatic N) is 1. The lowest BCUT2D eigenvalue weighted by atomic mass is 10.3. The molecular weight excluding hydrogens is 194 g/mol. The highest BCUT2D eigenvalue weighted by atomic mass is 16.7. The molecule has 0 spiro atoms. The Hall–Kier alpha value is -0.160. The van der Waals surface area contributed by atoms with Crippen LogP contribution in [0.5, 0.6) is 0 Å². The van der Waals surface area contributed by atoms with Crippen molar-refractivity contribution in [1.82, 2.24) is 4.90 Å². The molecule has 2 fully saturated rings. The van der Waals surface area contributed by atoms with Crippen LogP contribution in [0.2, 0.25) is 0 Å². The minimum absolute atomic E-state index is 0.0397. The van der Waals surface area contributed by atoms with Gasteiger partial charge in [-0.2, -0.15) is 0 Å². The molecule has 0 aromatic rings. The van der Waals surface area contributed by atoms with Gasteiger partial charge in [0.2, 0.25) is 0 Å². The largest absolute Gasteiger partial charge is 0.396 e. The van der Waals surface area contributed by atoms with Crippen molar-refractivity contribution in [2.24, 2.45) is 0 Å². The Labute approximate surface area is 91.2 Å². The lowest BCUT2D eigenvalue weighted by Gasteiger charge is -2.17. The summed E-state index contributed by atoms with van der Waals surface area (Å²) in [5.41, 5.74) is 0. The van der Waals surface area contributed by atoms with Gasteiger partial charge in [-0.1, -0.05) is 0 Å². The lowest BCUT2D eigenvalue weighted by Crippen LogP contribution is -2.25. The zero-order valence-corrected chi connectivity index (χ0v) is 9.23. The van der Waals surface area contributed by atoms with Gasteiger partial charge in [-0.15, -0.1) is 0 Å². The number of hydrogen-bond acceptors (Lipinski definition) is 4. The van der Waals surface area contributed by atoms with Gasteiger partial charge in [0.1, 0.15) is 0 Å². The molecule has 4 heteroatoms. The zero-order chi connectivity index (χ0) is 10.5. The summed E-state index contributed by atoms with van der Waals surface area (Å²) in [6.07, 6.45) is 4.39. The van der Waals surface area contributed by atoms with Gasteiger partial charge >= 0.3 is 0 Å². The van der Waals surface area contributed by atoms with Gasteiger partial charge in [0.05, 0.1) is 12.7 Å². The summed E-state index contributed by atoms with van der Waals surface area (Å²) in [6.45, 7) is 4.37. The molecule has 2 unspecified atom stereocenters. The second-order valence-electron chi connectivity index (χ2n) is 4.37. The summed E-state index contributed by atoms with van der Waals surface area (Å²) in [4.78, 5) is 2.46. The van der Waals surface area contributed by atoms with E-state index in [1.165, 1.54) is 25.9 Å². The van der Waals surface area contributed by atoms with E-state index in [0.717, 1.165) is 13.0 Å². The van der Waals surface area contributed by atoms with Gasteiger partial charge in [-0.3, -0.25) is 0 Å². The molecule has 2 aliphatic rings. The number of aliphatic hydroxyl groups excluding tert-OH is 1. The second-order valence-corrected chi connectivity index (χ2v) is 4.37. The average molecular weight is 215 g/mol. The minimum Gasteiger partial charge on any atom is -0.396 e. The summed E-state index contributed by atoms with van der Waals surface area (Å²) in [6, 6.07) is 0. The molecule has 2 rings (SSSR count). The predicted molar refractivity (Wildman–Crippen MR) is 56.6 cm³/mol. The van der Waals surface area contributed by atoms with Gasteiger partial charge in [-0.25, -0.2) is 0 Å². The van der Waals surface area contributed by atoms with Crippen LogP contribution in [0.15, 0.2) is 0 Å². The summed E-state index contributed by atoms with van der Waals surface area (Å²) < 4.78 is 11.2. The molecule has 1 N–H and O–H groups in total. The van der Waals surface area contributed by atoms with E-state index in [-0.39, 0.29) is 19.0 Å². The number of likely N-dealkylation sites (tertiary alicyclic amines) is 1. The number of ether oxygens (including phenoxy) is 2. The van der Waals surface area contributed by atoms with Crippen LogP contribution < -0.4 is 0 Å². The fourth-order valence-corrected chi connectivity index (χ4v) is 2.25. The highest BCUT2D eigenvalue weighted by molar-refractivity contribution is 4.69. The predicted octanol–water partition coefficient (Wildman–Crippen LogP) is 0.596. The van der Waals surface area contributed by atoms with Crippen molar-refractivity contribution in [2.45, 2.75) is 38.1 Å². The summed E-state index contributed by atoms with van der Waals surface area (Å²) >= 11 is 0. The maximum atomic E-state index is 8.77. The molecule has 0 bridgehead atoms. The standard InChI is InChI=1S/C11H21NO3/c13-8-4-10-9-14-11(15-10)3-7-12-5-1-2-6-12/h10-11,13H,1-9H2. The molecule has 2 aliphatic heterocycles. The first-order valence-corrected chi connectivity index (χ1v) is 5.99. The Morgan fingerprint density at radius 2 is 2.00 bits per heavy atom. The summed E-state index contributed by atoms with van der Waals surface area (Å²) in [5, 5.41) is 8.77. The maximum absolute atomic E-state index is 8.77. The number of aliphatic hydroxyl groups is 1. The average Bonchev–Trinajstić information content (AvgIpc) is 2.85. The molecule has 4 nitrogen and oxygen atoms in total. The van der Waals surface area contributed by atoms with Crippen molar-refractivity contribution in [3.63, 3.8) is 0 Å². The van der Waals surface area contributed by atoms with Gasteiger partial charge < -0.3 is 19.5 Å². The van der Waals surface area contributed by atoms with Crippen molar-refractivity contribution < 1.29 is 14.6 Å². The third-order valence-electron chi connectivity index (χ3n) is 3.14. The Morgan fingerprint density at radius 3 is 2.73 bits per heavy atom. The number of hydrogen-bond donors (Lipinski definition) is 1. The van der Waals surface area contributed by atoms with Crippen molar-refractivity contribution in [2.75, 3.05) is 32.8 Å². The first kappa shape index (κ1) is 11.3. The normalized spacial score (nSPS) is 32.6. The first-order valence-electron chi connectivity index (χ1n) is 5.99. The molecule has 15 heavy (non-hydrogen) atoms. The van der Waals surface area contributed by atoms with E-state index in [1.807, 2.05) is 0 Å². The van der Waals surface area contributed by atoms with Crippen LogP contribution in [-0.4, -0.2) is 55.2 Å². The van der Waals surface area contributed by atoms with E-state index in [0.29, 0.717) is 13.0 Å². The maximum Gasteiger partial charge on any atom is 0.159 e. The third kappa shape index (κ3) is 3.41. The van der Waals surface area contributed by atoms with Crippen molar-refractivity contribution in [3.8, 4) is 0 Å². The van der Waals surface area contributed by atoms with Crippen LogP contribution >= 0.6 is 0 Å². The van der Waals surface area contributed by atoms with E-state index in [2.05, 4.69) is 4.90 Å². The Kier molecular flexibility index (Phi) is 4.38. The molecule has 2 heterocycles. The van der Waals surface area contributed by atoms with Crippen LogP contribution in [0, 0.1) is 0 Å². The smallest absolute Gasteiger partial charge is 0.159 e.